The Morgan fingerprint density at radius 3 is 2.50 bits per heavy atom. The quantitative estimate of drug-likeness (QED) is 0.511. The van der Waals surface area contributed by atoms with Crippen LogP contribution >= 0.6 is 0 Å². The van der Waals surface area contributed by atoms with Gasteiger partial charge in [-0.1, -0.05) is 0 Å². The molecule has 0 aliphatic carbocycles. The van der Waals surface area contributed by atoms with Crippen LogP contribution in [0.1, 0.15) is 5.56 Å². The van der Waals surface area contributed by atoms with Crippen molar-refractivity contribution in [2.45, 2.75) is 6.92 Å². The molecule has 1 saturated heterocycles. The molecule has 20 heavy (non-hydrogen) atoms. The molecule has 8 heteroatoms. The second-order valence-corrected chi connectivity index (χ2v) is 5.68. The molecule has 0 saturated carbocycles. The third-order valence-electron chi connectivity index (χ3n) is 3.40. The number of piperazine rings is 1. The van der Waals surface area contributed by atoms with Crippen molar-refractivity contribution < 1.29 is 13.7 Å². The van der Waals surface area contributed by atoms with Gasteiger partial charge in [0.25, 0.3) is 5.69 Å². The predicted octanol–water partition coefficient (Wildman–Crippen LogP) is 1.20. The Balaban J connectivity index is 2.03. The monoisotopic (exact) mass is 299 g/mol. The molecule has 110 valence electrons. The van der Waals surface area contributed by atoms with Gasteiger partial charge in [-0.3, -0.25) is 15.0 Å². The van der Waals surface area contributed by atoms with Crippen molar-refractivity contribution in [1.82, 2.24) is 4.90 Å². The zero-order chi connectivity index (χ0) is 14.7. The number of aryl methyl sites for hydroxylation is 1. The summed E-state index contributed by atoms with van der Waals surface area (Å²) in [6.07, 6.45) is 0. The van der Waals surface area contributed by atoms with Crippen molar-refractivity contribution in [3.8, 4) is 0 Å². The van der Waals surface area contributed by atoms with Crippen LogP contribution in [0.3, 0.4) is 0 Å². The van der Waals surface area contributed by atoms with Crippen molar-refractivity contribution in [1.29, 1.82) is 0 Å². The lowest BCUT2D eigenvalue weighted by atomic mass is 10.1. The van der Waals surface area contributed by atoms with Gasteiger partial charge in [-0.2, -0.15) is 0 Å². The predicted molar refractivity (Wildman–Crippen MR) is 77.3 cm³/mol. The van der Waals surface area contributed by atoms with Gasteiger partial charge >= 0.3 is 0 Å². The van der Waals surface area contributed by atoms with Crippen LogP contribution in [0, 0.1) is 17.0 Å². The van der Waals surface area contributed by atoms with E-state index in [1.54, 1.807) is 12.1 Å². The molecule has 0 amide bonds. The van der Waals surface area contributed by atoms with Gasteiger partial charge in [-0.15, -0.1) is 0 Å². The first-order valence-corrected chi connectivity index (χ1v) is 7.55. The molecule has 1 heterocycles. The lowest BCUT2D eigenvalue weighted by Gasteiger charge is -2.36. The van der Waals surface area contributed by atoms with E-state index < -0.39 is 16.0 Å². The molecule has 0 aromatic heterocycles. The Hall–Kier alpha value is -1.51. The number of nitro groups is 1. The van der Waals surface area contributed by atoms with Crippen LogP contribution in [0.4, 0.5) is 11.4 Å². The minimum Gasteiger partial charge on any atom is -0.369 e. The molecule has 1 aromatic rings. The third kappa shape index (κ3) is 3.53. The lowest BCUT2D eigenvalue weighted by Crippen LogP contribution is -2.47. The van der Waals surface area contributed by atoms with Crippen LogP contribution in [0.5, 0.6) is 0 Å². The summed E-state index contributed by atoms with van der Waals surface area (Å²) in [5.41, 5.74) is 1.96. The van der Waals surface area contributed by atoms with Gasteiger partial charge in [-0.05, 0) is 18.6 Å². The summed E-state index contributed by atoms with van der Waals surface area (Å²) in [6, 6.07) is 4.86. The number of hydrogen-bond donors (Lipinski definition) is 1. The Morgan fingerprint density at radius 1 is 1.35 bits per heavy atom. The molecule has 1 aliphatic rings. The van der Waals surface area contributed by atoms with Crippen molar-refractivity contribution in [2.24, 2.45) is 0 Å². The Kier molecular flexibility index (Phi) is 4.69. The Morgan fingerprint density at radius 2 is 2.00 bits per heavy atom. The summed E-state index contributed by atoms with van der Waals surface area (Å²) in [5.74, 6) is 0.174. The van der Waals surface area contributed by atoms with E-state index in [-0.39, 0.29) is 11.6 Å². The second kappa shape index (κ2) is 6.29. The van der Waals surface area contributed by atoms with Gasteiger partial charge in [0, 0.05) is 44.0 Å². The second-order valence-electron chi connectivity index (χ2n) is 4.78. The molecule has 1 unspecified atom stereocenters. The molecule has 1 atom stereocenters. The first kappa shape index (κ1) is 14.9. The van der Waals surface area contributed by atoms with E-state index >= 15 is 0 Å². The molecule has 7 nitrogen and oxygen atoms in total. The zero-order valence-electron chi connectivity index (χ0n) is 11.2. The number of nitro benzene ring substituents is 1. The number of hydrogen-bond acceptors (Lipinski definition) is 5. The van der Waals surface area contributed by atoms with Gasteiger partial charge in [0.15, 0.2) is 11.1 Å². The van der Waals surface area contributed by atoms with Crippen LogP contribution < -0.4 is 4.90 Å². The molecule has 2 rings (SSSR count). The lowest BCUT2D eigenvalue weighted by molar-refractivity contribution is -0.384. The Bertz CT molecular complexity index is 529. The molecule has 1 aromatic carbocycles. The fraction of sp³-hybridized carbons (Fsp3) is 0.500. The van der Waals surface area contributed by atoms with E-state index in [0.717, 1.165) is 24.3 Å². The van der Waals surface area contributed by atoms with Crippen molar-refractivity contribution >= 4 is 22.5 Å². The van der Waals surface area contributed by atoms with Gasteiger partial charge in [0.2, 0.25) is 0 Å². The van der Waals surface area contributed by atoms with Crippen molar-refractivity contribution in [3.05, 3.63) is 33.9 Å². The smallest absolute Gasteiger partial charge is 0.269 e. The average Bonchev–Trinajstić information content (AvgIpc) is 2.39. The maximum absolute atomic E-state index is 10.8. The molecule has 0 radical (unpaired) electrons. The number of benzene rings is 1. The molecular formula is C12H17N3O4S. The zero-order valence-corrected chi connectivity index (χ0v) is 12.0. The highest BCUT2D eigenvalue weighted by molar-refractivity contribution is 7.79. The van der Waals surface area contributed by atoms with Crippen molar-refractivity contribution in [3.63, 3.8) is 0 Å². The number of nitrogens with zero attached hydrogens (tertiary/aromatic N) is 3. The average molecular weight is 299 g/mol. The van der Waals surface area contributed by atoms with Crippen LogP contribution in [0.2, 0.25) is 0 Å². The van der Waals surface area contributed by atoms with E-state index in [2.05, 4.69) is 4.90 Å². The summed E-state index contributed by atoms with van der Waals surface area (Å²) in [5, 5.41) is 10.7. The highest BCUT2D eigenvalue weighted by Gasteiger charge is 2.20. The number of anilines is 1. The summed E-state index contributed by atoms with van der Waals surface area (Å²) >= 11 is -1.80. The third-order valence-corrected chi connectivity index (χ3v) is 3.98. The fourth-order valence-electron chi connectivity index (χ4n) is 2.38. The molecule has 1 fully saturated rings. The first-order chi connectivity index (χ1) is 9.47. The molecule has 1 N–H and O–H groups in total. The van der Waals surface area contributed by atoms with Gasteiger partial charge < -0.3 is 9.45 Å². The first-order valence-electron chi connectivity index (χ1n) is 6.27. The van der Waals surface area contributed by atoms with Gasteiger partial charge in [-0.25, -0.2) is 4.21 Å². The summed E-state index contributed by atoms with van der Waals surface area (Å²) in [4.78, 5) is 14.4. The SMILES string of the molecule is Cc1cc([N+](=O)[O-])ccc1N1CCN(CS(=O)O)CC1. The number of non-ortho nitro benzene ring substituents is 1. The van der Waals surface area contributed by atoms with Gasteiger partial charge in [0.1, 0.15) is 5.88 Å². The molecular weight excluding hydrogens is 282 g/mol. The normalized spacial score (nSPS) is 18.0. The van der Waals surface area contributed by atoms with Crippen LogP contribution in [0.25, 0.3) is 0 Å². The van der Waals surface area contributed by atoms with Crippen LogP contribution in [-0.4, -0.2) is 50.6 Å². The minimum atomic E-state index is -1.80. The van der Waals surface area contributed by atoms with Gasteiger partial charge in [0.05, 0.1) is 4.92 Å². The maximum atomic E-state index is 10.8. The minimum absolute atomic E-state index is 0.0977. The Labute approximate surface area is 119 Å². The molecule has 0 bridgehead atoms. The highest BCUT2D eigenvalue weighted by Crippen LogP contribution is 2.25. The van der Waals surface area contributed by atoms with E-state index in [1.807, 2.05) is 11.8 Å². The number of rotatable bonds is 4. The maximum Gasteiger partial charge on any atom is 0.269 e. The van der Waals surface area contributed by atoms with E-state index in [0.29, 0.717) is 13.1 Å². The van der Waals surface area contributed by atoms with E-state index in [1.165, 1.54) is 6.07 Å². The van der Waals surface area contributed by atoms with E-state index in [4.69, 9.17) is 4.55 Å². The van der Waals surface area contributed by atoms with Crippen LogP contribution in [0.15, 0.2) is 18.2 Å². The summed E-state index contributed by atoms with van der Waals surface area (Å²) in [7, 11) is 0. The largest absolute Gasteiger partial charge is 0.369 e. The standard InChI is InChI=1S/C12H17N3O4S/c1-10-8-11(15(16)17)2-3-12(10)14-6-4-13(5-7-14)9-20(18)19/h2-3,8H,4-7,9H2,1H3,(H,18,19). The summed E-state index contributed by atoms with van der Waals surface area (Å²) < 4.78 is 19.6. The van der Waals surface area contributed by atoms with E-state index in [9.17, 15) is 14.3 Å². The topological polar surface area (TPSA) is 86.9 Å². The fourth-order valence-corrected chi connectivity index (χ4v) is 2.95. The van der Waals surface area contributed by atoms with Crippen molar-refractivity contribution in [2.75, 3.05) is 37.0 Å². The van der Waals surface area contributed by atoms with Crippen LogP contribution in [-0.2, 0) is 11.1 Å². The molecule has 0 spiro atoms. The highest BCUT2D eigenvalue weighted by atomic mass is 32.2. The summed E-state index contributed by atoms with van der Waals surface area (Å²) in [6.45, 7) is 4.77. The molecule has 1 aliphatic heterocycles.